The third-order valence-corrected chi connectivity index (χ3v) is 3.60. The number of hydrogen-bond donors (Lipinski definition) is 0. The van der Waals surface area contributed by atoms with Gasteiger partial charge in [0.25, 0.3) is 0 Å². The lowest BCUT2D eigenvalue weighted by Crippen LogP contribution is -2.13. The molecule has 2 rings (SSSR count). The Balaban J connectivity index is 2.40. The molecule has 0 spiro atoms. The molecular weight excluding hydrogens is 264 g/mol. The lowest BCUT2D eigenvalue weighted by atomic mass is 9.92. The van der Waals surface area contributed by atoms with E-state index in [1.54, 1.807) is 24.3 Å². The monoisotopic (exact) mass is 284 g/mol. The van der Waals surface area contributed by atoms with E-state index in [0.29, 0.717) is 5.56 Å². The van der Waals surface area contributed by atoms with Crippen LogP contribution in [0.15, 0.2) is 53.3 Å². The SMILES string of the molecule is CC(=O)O/C(C(=O)c1ccccc1)=C(\C)C1=CCCCC1. The molecule has 0 N–H and O–H groups in total. The molecule has 0 aliphatic heterocycles. The van der Waals surface area contributed by atoms with Gasteiger partial charge in [0.15, 0.2) is 5.76 Å². The number of hydrogen-bond acceptors (Lipinski definition) is 3. The van der Waals surface area contributed by atoms with Crippen molar-refractivity contribution < 1.29 is 14.3 Å². The van der Waals surface area contributed by atoms with Gasteiger partial charge in [0.2, 0.25) is 5.78 Å². The van der Waals surface area contributed by atoms with E-state index >= 15 is 0 Å². The standard InChI is InChI=1S/C18H20O3/c1-13(15-9-5-3-6-10-15)18(21-14(2)19)17(20)16-11-7-4-8-12-16/h4,7-9,11-12H,3,5-6,10H2,1-2H3/b18-13+. The number of benzene rings is 1. The molecule has 21 heavy (non-hydrogen) atoms. The minimum absolute atomic E-state index is 0.154. The van der Waals surface area contributed by atoms with Gasteiger partial charge in [-0.2, -0.15) is 0 Å². The topological polar surface area (TPSA) is 43.4 Å². The van der Waals surface area contributed by atoms with Crippen molar-refractivity contribution in [3.05, 3.63) is 58.9 Å². The van der Waals surface area contributed by atoms with Gasteiger partial charge in [-0.05, 0) is 43.8 Å². The van der Waals surface area contributed by atoms with Crippen molar-refractivity contribution in [2.24, 2.45) is 0 Å². The van der Waals surface area contributed by atoms with Crippen LogP contribution in [0.25, 0.3) is 0 Å². The minimum Gasteiger partial charge on any atom is -0.422 e. The average Bonchev–Trinajstić information content (AvgIpc) is 2.53. The fraction of sp³-hybridized carbons (Fsp3) is 0.333. The Morgan fingerprint density at radius 1 is 1.05 bits per heavy atom. The third kappa shape index (κ3) is 3.91. The lowest BCUT2D eigenvalue weighted by molar-refractivity contribution is -0.136. The van der Waals surface area contributed by atoms with E-state index in [0.717, 1.165) is 30.4 Å². The van der Waals surface area contributed by atoms with Crippen LogP contribution in [0, 0.1) is 0 Å². The number of carbonyl (C=O) groups is 2. The molecule has 0 saturated carbocycles. The average molecular weight is 284 g/mol. The highest BCUT2D eigenvalue weighted by molar-refractivity contribution is 6.09. The van der Waals surface area contributed by atoms with E-state index in [-0.39, 0.29) is 11.5 Å². The number of esters is 1. The van der Waals surface area contributed by atoms with Crippen LogP contribution < -0.4 is 0 Å². The zero-order valence-corrected chi connectivity index (χ0v) is 12.5. The van der Waals surface area contributed by atoms with Crippen LogP contribution in [0.5, 0.6) is 0 Å². The normalized spacial score (nSPS) is 15.8. The Labute approximate surface area is 125 Å². The molecule has 0 saturated heterocycles. The van der Waals surface area contributed by atoms with Gasteiger partial charge in [-0.25, -0.2) is 0 Å². The predicted octanol–water partition coefficient (Wildman–Crippen LogP) is 4.21. The molecule has 0 heterocycles. The van der Waals surface area contributed by atoms with Gasteiger partial charge in [-0.1, -0.05) is 36.4 Å². The summed E-state index contributed by atoms with van der Waals surface area (Å²) in [7, 11) is 0. The first-order valence-electron chi connectivity index (χ1n) is 7.28. The zero-order chi connectivity index (χ0) is 15.2. The summed E-state index contributed by atoms with van der Waals surface area (Å²) in [5.74, 6) is -0.554. The Morgan fingerprint density at radius 3 is 2.33 bits per heavy atom. The van der Waals surface area contributed by atoms with E-state index in [9.17, 15) is 9.59 Å². The second-order valence-corrected chi connectivity index (χ2v) is 5.22. The molecule has 0 aromatic heterocycles. The van der Waals surface area contributed by atoms with Gasteiger partial charge in [0, 0.05) is 12.5 Å². The molecule has 0 bridgehead atoms. The van der Waals surface area contributed by atoms with E-state index in [2.05, 4.69) is 6.08 Å². The number of ether oxygens (including phenoxy) is 1. The highest BCUT2D eigenvalue weighted by Crippen LogP contribution is 2.27. The van der Waals surface area contributed by atoms with Crippen LogP contribution in [0.2, 0.25) is 0 Å². The molecule has 110 valence electrons. The van der Waals surface area contributed by atoms with Gasteiger partial charge in [0.1, 0.15) is 0 Å². The maximum Gasteiger partial charge on any atom is 0.308 e. The van der Waals surface area contributed by atoms with Crippen molar-refractivity contribution in [2.75, 3.05) is 0 Å². The highest BCUT2D eigenvalue weighted by atomic mass is 16.5. The summed E-state index contributed by atoms with van der Waals surface area (Å²) in [6.45, 7) is 3.18. The van der Waals surface area contributed by atoms with Crippen molar-refractivity contribution >= 4 is 11.8 Å². The molecule has 0 amide bonds. The van der Waals surface area contributed by atoms with Crippen molar-refractivity contribution in [3.63, 3.8) is 0 Å². The van der Waals surface area contributed by atoms with Crippen LogP contribution in [0.1, 0.15) is 49.9 Å². The van der Waals surface area contributed by atoms with Crippen molar-refractivity contribution in [2.45, 2.75) is 39.5 Å². The molecule has 0 unspecified atom stereocenters. The molecule has 1 aliphatic carbocycles. The summed E-state index contributed by atoms with van der Waals surface area (Å²) >= 11 is 0. The Hall–Kier alpha value is -2.16. The molecule has 1 aromatic carbocycles. The van der Waals surface area contributed by atoms with E-state index in [1.165, 1.54) is 13.3 Å². The summed E-state index contributed by atoms with van der Waals surface area (Å²) in [4.78, 5) is 24.0. The molecule has 0 atom stereocenters. The molecule has 3 heteroatoms. The smallest absolute Gasteiger partial charge is 0.308 e. The molecule has 0 radical (unpaired) electrons. The molecule has 0 fully saturated rings. The van der Waals surface area contributed by atoms with E-state index < -0.39 is 5.97 Å². The molecular formula is C18H20O3. The molecule has 3 nitrogen and oxygen atoms in total. The summed E-state index contributed by atoms with van der Waals surface area (Å²) < 4.78 is 5.23. The quantitative estimate of drug-likeness (QED) is 0.360. The Kier molecular flexibility index (Phi) is 5.09. The first kappa shape index (κ1) is 15.2. The van der Waals surface area contributed by atoms with Gasteiger partial charge in [0.05, 0.1) is 0 Å². The lowest BCUT2D eigenvalue weighted by Gasteiger charge is -2.16. The summed E-state index contributed by atoms with van der Waals surface area (Å²) in [6, 6.07) is 8.91. The molecule has 1 aliphatic rings. The maximum atomic E-state index is 12.6. The zero-order valence-electron chi connectivity index (χ0n) is 12.5. The largest absolute Gasteiger partial charge is 0.422 e. The van der Waals surface area contributed by atoms with Crippen molar-refractivity contribution in [1.29, 1.82) is 0 Å². The number of carbonyl (C=O) groups excluding carboxylic acids is 2. The first-order valence-corrected chi connectivity index (χ1v) is 7.28. The fourth-order valence-electron chi connectivity index (χ4n) is 2.48. The second-order valence-electron chi connectivity index (χ2n) is 5.22. The van der Waals surface area contributed by atoms with Crippen LogP contribution in [0.4, 0.5) is 0 Å². The van der Waals surface area contributed by atoms with Gasteiger partial charge in [-0.15, -0.1) is 0 Å². The van der Waals surface area contributed by atoms with Gasteiger partial charge < -0.3 is 4.74 Å². The first-order chi connectivity index (χ1) is 10.1. The Morgan fingerprint density at radius 2 is 1.76 bits per heavy atom. The van der Waals surface area contributed by atoms with Crippen molar-refractivity contribution in [1.82, 2.24) is 0 Å². The van der Waals surface area contributed by atoms with Crippen molar-refractivity contribution in [3.8, 4) is 0 Å². The summed E-state index contributed by atoms with van der Waals surface area (Å²) in [5.41, 5.74) is 2.42. The third-order valence-electron chi connectivity index (χ3n) is 3.60. The van der Waals surface area contributed by atoms with Gasteiger partial charge in [-0.3, -0.25) is 9.59 Å². The number of ketones is 1. The van der Waals surface area contributed by atoms with Crippen LogP contribution in [-0.2, 0) is 9.53 Å². The highest BCUT2D eigenvalue weighted by Gasteiger charge is 2.21. The summed E-state index contributed by atoms with van der Waals surface area (Å²) in [5, 5.41) is 0. The predicted molar refractivity (Wildman–Crippen MR) is 81.8 cm³/mol. The van der Waals surface area contributed by atoms with Gasteiger partial charge >= 0.3 is 5.97 Å². The van der Waals surface area contributed by atoms with Crippen LogP contribution >= 0.6 is 0 Å². The van der Waals surface area contributed by atoms with Crippen LogP contribution in [-0.4, -0.2) is 11.8 Å². The maximum absolute atomic E-state index is 12.6. The number of rotatable bonds is 4. The van der Waals surface area contributed by atoms with E-state index in [4.69, 9.17) is 4.74 Å². The number of allylic oxidation sites excluding steroid dienone is 4. The van der Waals surface area contributed by atoms with E-state index in [1.807, 2.05) is 13.0 Å². The number of Topliss-reactive ketones (excluding diaryl/α,β-unsaturated/α-hetero) is 1. The Bertz CT molecular complexity index is 594. The molecule has 1 aromatic rings. The second kappa shape index (κ2) is 7.02. The minimum atomic E-state index is -0.468. The fourth-order valence-corrected chi connectivity index (χ4v) is 2.48. The van der Waals surface area contributed by atoms with Crippen LogP contribution in [0.3, 0.4) is 0 Å². The summed E-state index contributed by atoms with van der Waals surface area (Å²) in [6.07, 6.45) is 6.36.